The number of benzene rings is 3. The van der Waals surface area contributed by atoms with Crippen molar-refractivity contribution in [2.45, 2.75) is 57.8 Å². The number of ether oxygens (including phenoxy) is 1. The molecule has 0 bridgehead atoms. The van der Waals surface area contributed by atoms with Crippen LogP contribution >= 0.6 is 23.2 Å². The van der Waals surface area contributed by atoms with Gasteiger partial charge in [-0.25, -0.2) is 4.79 Å². The van der Waals surface area contributed by atoms with Crippen molar-refractivity contribution >= 4 is 40.8 Å². The second-order valence-electron chi connectivity index (χ2n) is 11.7. The fourth-order valence-corrected chi connectivity index (χ4v) is 5.59. The van der Waals surface area contributed by atoms with E-state index in [0.29, 0.717) is 22.2 Å². The second kappa shape index (κ2) is 11.9. The summed E-state index contributed by atoms with van der Waals surface area (Å²) in [5.74, 6) is -0.160. The van der Waals surface area contributed by atoms with Gasteiger partial charge in [-0.15, -0.1) is 0 Å². The standard InChI is InChI=1S/C33H35Cl2N3O3/c1-33(2,3)41-32(40)37-19-26(31(39)38(25-15-16-25)18-24-13-8-14-27(34)30(24)35)29(28(36)20-37)23-12-7-11-22(17-23)21-9-5-4-6-10-21/h4-14,17,25,28H,15-16,18-20,36H2,1-3H3. The van der Waals surface area contributed by atoms with Crippen LogP contribution in [0, 0.1) is 0 Å². The van der Waals surface area contributed by atoms with Crippen LogP contribution in [-0.4, -0.2) is 52.6 Å². The quantitative estimate of drug-likeness (QED) is 0.329. The lowest BCUT2D eigenvalue weighted by molar-refractivity contribution is -0.128. The number of nitrogens with two attached hydrogens (primary N) is 1. The molecule has 0 spiro atoms. The second-order valence-corrected chi connectivity index (χ2v) is 12.5. The van der Waals surface area contributed by atoms with E-state index in [1.54, 1.807) is 6.07 Å². The Morgan fingerprint density at radius 2 is 1.61 bits per heavy atom. The molecule has 3 aromatic carbocycles. The summed E-state index contributed by atoms with van der Waals surface area (Å²) in [4.78, 5) is 31.0. The largest absolute Gasteiger partial charge is 0.444 e. The van der Waals surface area contributed by atoms with Gasteiger partial charge in [0, 0.05) is 30.7 Å². The molecule has 1 heterocycles. The van der Waals surface area contributed by atoms with Crippen molar-refractivity contribution < 1.29 is 14.3 Å². The molecule has 0 radical (unpaired) electrons. The molecule has 2 amide bonds. The number of hydrogen-bond donors (Lipinski definition) is 1. The zero-order valence-electron chi connectivity index (χ0n) is 23.6. The predicted octanol–water partition coefficient (Wildman–Crippen LogP) is 7.18. The number of amides is 2. The van der Waals surface area contributed by atoms with E-state index in [1.807, 2.05) is 86.3 Å². The van der Waals surface area contributed by atoms with Gasteiger partial charge in [-0.05, 0) is 73.6 Å². The lowest BCUT2D eigenvalue weighted by atomic mass is 9.87. The van der Waals surface area contributed by atoms with Crippen LogP contribution in [0.5, 0.6) is 0 Å². The number of rotatable bonds is 6. The summed E-state index contributed by atoms with van der Waals surface area (Å²) in [5, 5.41) is 0.883. The van der Waals surface area contributed by atoms with Crippen molar-refractivity contribution in [1.29, 1.82) is 0 Å². The average molecular weight is 593 g/mol. The fraction of sp³-hybridized carbons (Fsp3) is 0.333. The highest BCUT2D eigenvalue weighted by Crippen LogP contribution is 2.37. The van der Waals surface area contributed by atoms with Gasteiger partial charge in [0.15, 0.2) is 0 Å². The molecular weight excluding hydrogens is 557 g/mol. The Balaban J connectivity index is 1.58. The lowest BCUT2D eigenvalue weighted by Crippen LogP contribution is -2.51. The van der Waals surface area contributed by atoms with Crippen LogP contribution < -0.4 is 5.73 Å². The molecule has 6 nitrogen and oxygen atoms in total. The van der Waals surface area contributed by atoms with Crippen molar-refractivity contribution in [2.75, 3.05) is 13.1 Å². The van der Waals surface area contributed by atoms with Crippen LogP contribution in [0.2, 0.25) is 10.0 Å². The summed E-state index contributed by atoms with van der Waals surface area (Å²) in [6, 6.07) is 23.1. The van der Waals surface area contributed by atoms with Gasteiger partial charge in [0.2, 0.25) is 0 Å². The topological polar surface area (TPSA) is 75.9 Å². The highest BCUT2D eigenvalue weighted by atomic mass is 35.5. The number of carbonyl (C=O) groups is 2. The molecule has 5 rings (SSSR count). The zero-order chi connectivity index (χ0) is 29.3. The first-order chi connectivity index (χ1) is 19.5. The van der Waals surface area contributed by atoms with E-state index in [9.17, 15) is 9.59 Å². The molecule has 1 fully saturated rings. The molecule has 1 atom stereocenters. The minimum Gasteiger partial charge on any atom is -0.444 e. The first kappa shape index (κ1) is 29.2. The van der Waals surface area contributed by atoms with Crippen LogP contribution in [-0.2, 0) is 16.1 Å². The third kappa shape index (κ3) is 6.78. The summed E-state index contributed by atoms with van der Waals surface area (Å²) in [6.45, 7) is 6.10. The fourth-order valence-electron chi connectivity index (χ4n) is 5.21. The summed E-state index contributed by atoms with van der Waals surface area (Å²) >= 11 is 12.8. The van der Waals surface area contributed by atoms with Crippen molar-refractivity contribution in [2.24, 2.45) is 5.73 Å². The molecule has 1 aliphatic heterocycles. The van der Waals surface area contributed by atoms with Gasteiger partial charge in [-0.2, -0.15) is 0 Å². The molecule has 0 aromatic heterocycles. The van der Waals surface area contributed by atoms with Gasteiger partial charge in [0.1, 0.15) is 5.60 Å². The number of hydrogen-bond acceptors (Lipinski definition) is 4. The normalized spacial score (nSPS) is 17.4. The smallest absolute Gasteiger partial charge is 0.410 e. The molecule has 1 aliphatic carbocycles. The van der Waals surface area contributed by atoms with Crippen LogP contribution in [0.3, 0.4) is 0 Å². The molecule has 214 valence electrons. The molecule has 2 aliphatic rings. The third-order valence-electron chi connectivity index (χ3n) is 7.27. The molecule has 1 unspecified atom stereocenters. The van der Waals surface area contributed by atoms with Crippen LogP contribution in [0.15, 0.2) is 78.4 Å². The maximum Gasteiger partial charge on any atom is 0.410 e. The zero-order valence-corrected chi connectivity index (χ0v) is 25.1. The molecule has 8 heteroatoms. The number of halogens is 2. The maximum atomic E-state index is 14.5. The molecule has 3 aromatic rings. The predicted molar refractivity (Wildman–Crippen MR) is 165 cm³/mol. The summed E-state index contributed by atoms with van der Waals surface area (Å²) in [7, 11) is 0. The summed E-state index contributed by atoms with van der Waals surface area (Å²) in [5.41, 5.74) is 11.1. The van der Waals surface area contributed by atoms with Gasteiger partial charge in [-0.1, -0.05) is 83.9 Å². The van der Waals surface area contributed by atoms with Gasteiger partial charge in [0.25, 0.3) is 5.91 Å². The van der Waals surface area contributed by atoms with E-state index < -0.39 is 17.7 Å². The SMILES string of the molecule is CC(C)(C)OC(=O)N1CC(C(=O)N(Cc2cccc(Cl)c2Cl)C2CC2)=C(c2cccc(-c3ccccc3)c2)C(N)C1. The van der Waals surface area contributed by atoms with Gasteiger partial charge < -0.3 is 20.3 Å². The van der Waals surface area contributed by atoms with Gasteiger partial charge in [-0.3, -0.25) is 4.79 Å². The Bertz CT molecular complexity index is 1480. The maximum absolute atomic E-state index is 14.5. The molecule has 0 saturated heterocycles. The van der Waals surface area contributed by atoms with Gasteiger partial charge in [0.05, 0.1) is 16.6 Å². The highest BCUT2D eigenvalue weighted by Gasteiger charge is 2.40. The van der Waals surface area contributed by atoms with Crippen LogP contribution in [0.4, 0.5) is 4.79 Å². The van der Waals surface area contributed by atoms with Gasteiger partial charge >= 0.3 is 6.09 Å². The Hall–Kier alpha value is -3.32. The number of nitrogens with zero attached hydrogens (tertiary/aromatic N) is 2. The highest BCUT2D eigenvalue weighted by molar-refractivity contribution is 6.42. The Morgan fingerprint density at radius 1 is 0.951 bits per heavy atom. The minimum absolute atomic E-state index is 0.0788. The monoisotopic (exact) mass is 591 g/mol. The van der Waals surface area contributed by atoms with Crippen molar-refractivity contribution in [3.8, 4) is 11.1 Å². The third-order valence-corrected chi connectivity index (χ3v) is 8.13. The molecule has 41 heavy (non-hydrogen) atoms. The van der Waals surface area contributed by atoms with E-state index >= 15 is 0 Å². The minimum atomic E-state index is -0.678. The summed E-state index contributed by atoms with van der Waals surface area (Å²) in [6.07, 6.45) is 1.31. The van der Waals surface area contributed by atoms with Crippen molar-refractivity contribution in [3.05, 3.63) is 99.5 Å². The lowest BCUT2D eigenvalue weighted by Gasteiger charge is -2.37. The van der Waals surface area contributed by atoms with E-state index in [0.717, 1.165) is 40.7 Å². The van der Waals surface area contributed by atoms with E-state index in [-0.39, 0.29) is 25.0 Å². The van der Waals surface area contributed by atoms with Crippen molar-refractivity contribution in [3.63, 3.8) is 0 Å². The van der Waals surface area contributed by atoms with E-state index in [2.05, 4.69) is 6.07 Å². The Morgan fingerprint density at radius 3 is 2.29 bits per heavy atom. The first-order valence-electron chi connectivity index (χ1n) is 13.9. The Kier molecular flexibility index (Phi) is 8.46. The molecule has 1 saturated carbocycles. The molecular formula is C33H35Cl2N3O3. The van der Waals surface area contributed by atoms with E-state index in [1.165, 1.54) is 4.90 Å². The van der Waals surface area contributed by atoms with Crippen molar-refractivity contribution in [1.82, 2.24) is 9.80 Å². The number of carbonyl (C=O) groups excluding carboxylic acids is 2. The van der Waals surface area contributed by atoms with Crippen LogP contribution in [0.1, 0.15) is 44.7 Å². The first-order valence-corrected chi connectivity index (χ1v) is 14.6. The van der Waals surface area contributed by atoms with E-state index in [4.69, 9.17) is 33.7 Å². The molecule has 2 N–H and O–H groups in total. The Labute approximate surface area is 251 Å². The average Bonchev–Trinajstić information content (AvgIpc) is 3.78. The van der Waals surface area contributed by atoms with Crippen LogP contribution in [0.25, 0.3) is 16.7 Å². The summed E-state index contributed by atoms with van der Waals surface area (Å²) < 4.78 is 5.67.